The van der Waals surface area contributed by atoms with Crippen LogP contribution in [0.3, 0.4) is 0 Å². The van der Waals surface area contributed by atoms with Crippen LogP contribution in [0.5, 0.6) is 0 Å². The quantitative estimate of drug-likeness (QED) is 0.608. The van der Waals surface area contributed by atoms with Gasteiger partial charge in [-0.1, -0.05) is 29.8 Å². The van der Waals surface area contributed by atoms with E-state index in [-0.39, 0.29) is 0 Å². The third kappa shape index (κ3) is 1.53. The molecule has 1 heterocycles. The van der Waals surface area contributed by atoms with Gasteiger partial charge in [-0.05, 0) is 19.1 Å². The number of nitrogens with one attached hydrogen (secondary N) is 1. The zero-order valence-corrected chi connectivity index (χ0v) is 9.99. The van der Waals surface area contributed by atoms with Crippen LogP contribution in [0.15, 0.2) is 41.4 Å². The van der Waals surface area contributed by atoms with Gasteiger partial charge in [0.1, 0.15) is 0 Å². The van der Waals surface area contributed by atoms with Gasteiger partial charge in [-0.15, -0.1) is 0 Å². The number of nitrogens with zero attached hydrogens (tertiary/aromatic N) is 1. The zero-order chi connectivity index (χ0) is 11.8. The van der Waals surface area contributed by atoms with Gasteiger partial charge in [0.15, 0.2) is 0 Å². The van der Waals surface area contributed by atoms with Crippen molar-refractivity contribution < 1.29 is 0 Å². The highest BCUT2D eigenvalue weighted by molar-refractivity contribution is 6.12. The van der Waals surface area contributed by atoms with Gasteiger partial charge in [0.25, 0.3) is 0 Å². The van der Waals surface area contributed by atoms with Crippen molar-refractivity contribution in [2.45, 2.75) is 6.92 Å². The van der Waals surface area contributed by atoms with E-state index in [4.69, 9.17) is 0 Å². The average Bonchev–Trinajstić information content (AvgIpc) is 2.69. The van der Waals surface area contributed by atoms with Gasteiger partial charge in [0, 0.05) is 35.1 Å². The highest BCUT2D eigenvalue weighted by Gasteiger charge is 2.06. The zero-order valence-electron chi connectivity index (χ0n) is 9.99. The van der Waals surface area contributed by atoms with Crippen LogP contribution >= 0.6 is 0 Å². The molecular formula is C15H14N2. The first kappa shape index (κ1) is 10.1. The summed E-state index contributed by atoms with van der Waals surface area (Å²) >= 11 is 0. The smallest absolute Gasteiger partial charge is 0.0553 e. The summed E-state index contributed by atoms with van der Waals surface area (Å²) in [6, 6.07) is 12.8. The summed E-state index contributed by atoms with van der Waals surface area (Å²) < 4.78 is 0. The number of aromatic nitrogens is 1. The number of H-pyrrole nitrogens is 1. The van der Waals surface area contributed by atoms with Crippen molar-refractivity contribution in [1.29, 1.82) is 0 Å². The molecule has 2 nitrogen and oxygen atoms in total. The lowest BCUT2D eigenvalue weighted by Crippen LogP contribution is -1.82. The number of hydrogen-bond acceptors (Lipinski definition) is 1. The predicted molar refractivity (Wildman–Crippen MR) is 74.1 cm³/mol. The molecule has 0 saturated carbocycles. The van der Waals surface area contributed by atoms with Crippen molar-refractivity contribution >= 4 is 28.0 Å². The van der Waals surface area contributed by atoms with E-state index < -0.39 is 0 Å². The van der Waals surface area contributed by atoms with Crippen molar-refractivity contribution in [3.05, 3.63) is 47.5 Å². The van der Waals surface area contributed by atoms with Crippen LogP contribution in [-0.4, -0.2) is 18.2 Å². The average molecular weight is 222 g/mol. The van der Waals surface area contributed by atoms with Crippen LogP contribution in [0.25, 0.3) is 21.8 Å². The molecule has 1 N–H and O–H groups in total. The van der Waals surface area contributed by atoms with Gasteiger partial charge in [0.05, 0.1) is 5.52 Å². The maximum absolute atomic E-state index is 4.10. The minimum atomic E-state index is 1.14. The van der Waals surface area contributed by atoms with Gasteiger partial charge >= 0.3 is 0 Å². The Kier molecular flexibility index (Phi) is 2.22. The Bertz CT molecular complexity index is 720. The summed E-state index contributed by atoms with van der Waals surface area (Å²) in [4.78, 5) is 7.57. The van der Waals surface area contributed by atoms with E-state index in [2.05, 4.69) is 53.3 Å². The maximum Gasteiger partial charge on any atom is 0.0553 e. The number of rotatable bonds is 1. The van der Waals surface area contributed by atoms with Crippen molar-refractivity contribution in [2.24, 2.45) is 4.99 Å². The molecule has 1 aromatic heterocycles. The second-order valence-corrected chi connectivity index (χ2v) is 4.33. The Labute approximate surface area is 100.0 Å². The Morgan fingerprint density at radius 2 is 2.00 bits per heavy atom. The normalized spacial score (nSPS) is 11.9. The number of hydrogen-bond donors (Lipinski definition) is 1. The number of aromatic amines is 1. The monoisotopic (exact) mass is 222 g/mol. The minimum absolute atomic E-state index is 1.14. The van der Waals surface area contributed by atoms with E-state index in [1.165, 1.54) is 27.4 Å². The summed E-state index contributed by atoms with van der Waals surface area (Å²) in [7, 11) is 1.80. The lowest BCUT2D eigenvalue weighted by atomic mass is 10.1. The molecule has 0 atom stereocenters. The molecule has 84 valence electrons. The third-order valence-corrected chi connectivity index (χ3v) is 3.09. The molecule has 3 rings (SSSR count). The maximum atomic E-state index is 4.10. The fraction of sp³-hybridized carbons (Fsp3) is 0.133. The second-order valence-electron chi connectivity index (χ2n) is 4.33. The van der Waals surface area contributed by atoms with Gasteiger partial charge < -0.3 is 4.98 Å². The topological polar surface area (TPSA) is 28.1 Å². The Morgan fingerprint density at radius 3 is 2.82 bits per heavy atom. The standard InChI is InChI=1S/C15H14N2/c1-10-6-7-14-13(8-10)12-5-3-4-11(9-16-2)15(12)17-14/h3-9,17H,1-2H3. The van der Waals surface area contributed by atoms with Crippen LogP contribution in [-0.2, 0) is 0 Å². The number of aryl methyl sites for hydroxylation is 1. The molecule has 0 spiro atoms. The van der Waals surface area contributed by atoms with E-state index >= 15 is 0 Å². The highest BCUT2D eigenvalue weighted by atomic mass is 14.7. The first-order valence-electron chi connectivity index (χ1n) is 5.73. The molecule has 0 amide bonds. The Balaban J connectivity index is 2.47. The summed E-state index contributed by atoms with van der Waals surface area (Å²) in [6.45, 7) is 2.12. The molecule has 0 radical (unpaired) electrons. The molecule has 2 aromatic carbocycles. The van der Waals surface area contributed by atoms with Crippen LogP contribution in [0.4, 0.5) is 0 Å². The molecule has 0 aliphatic rings. The Hall–Kier alpha value is -2.09. The molecule has 2 heteroatoms. The van der Waals surface area contributed by atoms with E-state index in [1.54, 1.807) is 7.05 Å². The fourth-order valence-corrected chi connectivity index (χ4v) is 2.31. The lowest BCUT2D eigenvalue weighted by molar-refractivity contribution is 1.46. The molecule has 0 unspecified atom stereocenters. The van der Waals surface area contributed by atoms with Crippen molar-refractivity contribution in [2.75, 3.05) is 7.05 Å². The molecule has 0 aliphatic heterocycles. The molecule has 17 heavy (non-hydrogen) atoms. The van der Waals surface area contributed by atoms with E-state index in [0.29, 0.717) is 0 Å². The SMILES string of the molecule is CN=Cc1cccc2c1[nH]c1ccc(C)cc12. The molecule has 0 bridgehead atoms. The molecule has 3 aromatic rings. The van der Waals surface area contributed by atoms with E-state index in [0.717, 1.165) is 5.56 Å². The number of fused-ring (bicyclic) bond motifs is 3. The van der Waals surface area contributed by atoms with Gasteiger partial charge in [-0.2, -0.15) is 0 Å². The number of benzene rings is 2. The highest BCUT2D eigenvalue weighted by Crippen LogP contribution is 2.27. The van der Waals surface area contributed by atoms with Crippen molar-refractivity contribution in [3.8, 4) is 0 Å². The summed E-state index contributed by atoms with van der Waals surface area (Å²) in [5, 5.41) is 2.55. The van der Waals surface area contributed by atoms with Crippen LogP contribution in [0.2, 0.25) is 0 Å². The molecule has 0 aliphatic carbocycles. The summed E-state index contributed by atoms with van der Waals surface area (Å²) in [5.41, 5.74) is 4.77. The summed E-state index contributed by atoms with van der Waals surface area (Å²) in [6.07, 6.45) is 1.89. The predicted octanol–water partition coefficient (Wildman–Crippen LogP) is 3.68. The van der Waals surface area contributed by atoms with E-state index in [9.17, 15) is 0 Å². The fourth-order valence-electron chi connectivity index (χ4n) is 2.31. The Morgan fingerprint density at radius 1 is 1.12 bits per heavy atom. The lowest BCUT2D eigenvalue weighted by Gasteiger charge is -1.95. The molecular weight excluding hydrogens is 208 g/mol. The van der Waals surface area contributed by atoms with E-state index in [1.807, 2.05) is 6.21 Å². The number of aliphatic imine (C=N–C) groups is 1. The second kappa shape index (κ2) is 3.74. The van der Waals surface area contributed by atoms with Crippen LogP contribution in [0.1, 0.15) is 11.1 Å². The van der Waals surface area contributed by atoms with Gasteiger partial charge in [-0.3, -0.25) is 4.99 Å². The van der Waals surface area contributed by atoms with Crippen molar-refractivity contribution in [3.63, 3.8) is 0 Å². The first-order valence-corrected chi connectivity index (χ1v) is 5.73. The molecule has 0 saturated heterocycles. The van der Waals surface area contributed by atoms with Gasteiger partial charge in [0.2, 0.25) is 0 Å². The van der Waals surface area contributed by atoms with Crippen LogP contribution < -0.4 is 0 Å². The summed E-state index contributed by atoms with van der Waals surface area (Å²) in [5.74, 6) is 0. The first-order chi connectivity index (χ1) is 8.29. The van der Waals surface area contributed by atoms with Gasteiger partial charge in [-0.25, -0.2) is 0 Å². The third-order valence-electron chi connectivity index (χ3n) is 3.09. The molecule has 0 fully saturated rings. The minimum Gasteiger partial charge on any atom is -0.354 e. The number of para-hydroxylation sites is 1. The largest absolute Gasteiger partial charge is 0.354 e. The van der Waals surface area contributed by atoms with Crippen molar-refractivity contribution in [1.82, 2.24) is 4.98 Å². The van der Waals surface area contributed by atoms with Crippen LogP contribution in [0, 0.1) is 6.92 Å².